The van der Waals surface area contributed by atoms with E-state index in [1.807, 2.05) is 0 Å². The lowest BCUT2D eigenvalue weighted by molar-refractivity contribution is -0.141. The molecule has 1 aromatic rings. The molecule has 20 heavy (non-hydrogen) atoms. The van der Waals surface area contributed by atoms with Crippen molar-refractivity contribution in [2.24, 2.45) is 5.92 Å². The second-order valence-corrected chi connectivity index (χ2v) is 4.52. The second kappa shape index (κ2) is 7.37. The highest BCUT2D eigenvalue weighted by Crippen LogP contribution is 2.23. The number of carboxylic acid groups (broad SMARTS) is 1. The normalized spacial score (nSPS) is 11.7. The van der Waals surface area contributed by atoms with E-state index in [0.717, 1.165) is 0 Å². The predicted molar refractivity (Wildman–Crippen MR) is 73.0 cm³/mol. The zero-order valence-electron chi connectivity index (χ0n) is 11.5. The summed E-state index contributed by atoms with van der Waals surface area (Å²) in [6.07, 6.45) is 1.06. The van der Waals surface area contributed by atoms with Crippen LogP contribution in [-0.4, -0.2) is 35.7 Å². The first-order valence-corrected chi connectivity index (χ1v) is 6.33. The highest BCUT2D eigenvalue weighted by molar-refractivity contribution is 5.96. The van der Waals surface area contributed by atoms with Gasteiger partial charge in [0.05, 0.1) is 18.6 Å². The fraction of sp³-hybridized carbons (Fsp3) is 0.429. The summed E-state index contributed by atoms with van der Waals surface area (Å²) in [5, 5.41) is 21.1. The van der Waals surface area contributed by atoms with Gasteiger partial charge in [-0.2, -0.15) is 0 Å². The zero-order chi connectivity index (χ0) is 15.1. The van der Waals surface area contributed by atoms with Crippen molar-refractivity contribution in [2.75, 3.05) is 13.7 Å². The van der Waals surface area contributed by atoms with Crippen molar-refractivity contribution in [1.29, 1.82) is 0 Å². The molecule has 0 bridgehead atoms. The number of carbonyl (C=O) groups excluding carboxylic acids is 1. The Morgan fingerprint density at radius 1 is 1.40 bits per heavy atom. The smallest absolute Gasteiger partial charge is 0.306 e. The number of carbonyl (C=O) groups is 2. The Morgan fingerprint density at radius 3 is 2.65 bits per heavy atom. The first kappa shape index (κ1) is 15.8. The molecule has 0 saturated carbocycles. The molecule has 0 aliphatic heterocycles. The largest absolute Gasteiger partial charge is 0.507 e. The Hall–Kier alpha value is -2.24. The topological polar surface area (TPSA) is 95.9 Å². The molecule has 3 N–H and O–H groups in total. The highest BCUT2D eigenvalue weighted by Gasteiger charge is 2.13. The molecule has 1 unspecified atom stereocenters. The van der Waals surface area contributed by atoms with E-state index in [2.05, 4.69) is 5.32 Å². The molecule has 0 aliphatic carbocycles. The minimum atomic E-state index is -0.843. The maximum absolute atomic E-state index is 11.8. The van der Waals surface area contributed by atoms with E-state index < -0.39 is 17.8 Å². The fourth-order valence-electron chi connectivity index (χ4n) is 1.66. The lowest BCUT2D eigenvalue weighted by Crippen LogP contribution is -2.25. The Kier molecular flexibility index (Phi) is 5.83. The standard InChI is InChI=1S/C14H19NO5/c1-9(14(18)19)4-3-7-15-13(17)11-6-5-10(20-2)8-12(11)16/h5-6,8-9,16H,3-4,7H2,1-2H3,(H,15,17)(H,18,19). The highest BCUT2D eigenvalue weighted by atomic mass is 16.5. The number of aliphatic carboxylic acids is 1. The number of ether oxygens (including phenoxy) is 1. The summed E-state index contributed by atoms with van der Waals surface area (Å²) in [4.78, 5) is 22.4. The van der Waals surface area contributed by atoms with E-state index in [9.17, 15) is 14.7 Å². The predicted octanol–water partition coefficient (Wildman–Crippen LogP) is 1.63. The van der Waals surface area contributed by atoms with Gasteiger partial charge in [0.1, 0.15) is 11.5 Å². The first-order valence-electron chi connectivity index (χ1n) is 6.33. The van der Waals surface area contributed by atoms with Crippen molar-refractivity contribution in [2.45, 2.75) is 19.8 Å². The summed E-state index contributed by atoms with van der Waals surface area (Å²) in [5.41, 5.74) is 0.164. The number of nitrogens with one attached hydrogen (secondary N) is 1. The molecule has 0 aliphatic rings. The van der Waals surface area contributed by atoms with Gasteiger partial charge >= 0.3 is 5.97 Å². The molecule has 6 nitrogen and oxygen atoms in total. The van der Waals surface area contributed by atoms with Gasteiger partial charge in [-0.1, -0.05) is 6.92 Å². The number of benzene rings is 1. The van der Waals surface area contributed by atoms with Crippen molar-refractivity contribution < 1.29 is 24.5 Å². The lowest BCUT2D eigenvalue weighted by Gasteiger charge is -2.09. The van der Waals surface area contributed by atoms with E-state index in [1.165, 1.54) is 19.2 Å². The monoisotopic (exact) mass is 281 g/mol. The molecular weight excluding hydrogens is 262 g/mol. The molecule has 1 amide bonds. The van der Waals surface area contributed by atoms with Crippen LogP contribution in [0, 0.1) is 5.92 Å². The van der Waals surface area contributed by atoms with Gasteiger partial charge in [-0.15, -0.1) is 0 Å². The van der Waals surface area contributed by atoms with Crippen molar-refractivity contribution in [3.05, 3.63) is 23.8 Å². The SMILES string of the molecule is COc1ccc(C(=O)NCCCC(C)C(=O)O)c(O)c1. The van der Waals surface area contributed by atoms with E-state index in [0.29, 0.717) is 25.1 Å². The van der Waals surface area contributed by atoms with Crippen molar-refractivity contribution in [3.63, 3.8) is 0 Å². The van der Waals surface area contributed by atoms with E-state index >= 15 is 0 Å². The second-order valence-electron chi connectivity index (χ2n) is 4.52. The molecule has 0 radical (unpaired) electrons. The average molecular weight is 281 g/mol. The van der Waals surface area contributed by atoms with Crippen LogP contribution >= 0.6 is 0 Å². The third-order valence-corrected chi connectivity index (χ3v) is 2.97. The molecule has 1 rings (SSSR count). The number of amides is 1. The maximum Gasteiger partial charge on any atom is 0.306 e. The molecule has 0 saturated heterocycles. The van der Waals surface area contributed by atoms with E-state index in [4.69, 9.17) is 9.84 Å². The van der Waals surface area contributed by atoms with Gasteiger partial charge < -0.3 is 20.3 Å². The van der Waals surface area contributed by atoms with Crippen LogP contribution in [0.4, 0.5) is 0 Å². The molecule has 1 atom stereocenters. The molecule has 6 heteroatoms. The lowest BCUT2D eigenvalue weighted by atomic mass is 10.1. The number of hydrogen-bond acceptors (Lipinski definition) is 4. The van der Waals surface area contributed by atoms with Crippen LogP contribution in [-0.2, 0) is 4.79 Å². The summed E-state index contributed by atoms with van der Waals surface area (Å²) >= 11 is 0. The van der Waals surface area contributed by atoms with E-state index in [1.54, 1.807) is 13.0 Å². The quantitative estimate of drug-likeness (QED) is 0.660. The van der Waals surface area contributed by atoms with Gasteiger partial charge in [-0.05, 0) is 25.0 Å². The van der Waals surface area contributed by atoms with Crippen molar-refractivity contribution in [3.8, 4) is 11.5 Å². The van der Waals surface area contributed by atoms with Crippen molar-refractivity contribution >= 4 is 11.9 Å². The number of phenolic OH excluding ortho intramolecular Hbond substituents is 1. The third kappa shape index (κ3) is 4.46. The Balaban J connectivity index is 2.45. The first-order chi connectivity index (χ1) is 9.45. The Bertz CT molecular complexity index is 486. The molecule has 0 fully saturated rings. The molecule has 0 aromatic heterocycles. The summed E-state index contributed by atoms with van der Waals surface area (Å²) in [6, 6.07) is 4.42. The summed E-state index contributed by atoms with van der Waals surface area (Å²) in [6.45, 7) is 1.99. The van der Waals surface area contributed by atoms with Crippen molar-refractivity contribution in [1.82, 2.24) is 5.32 Å². The summed E-state index contributed by atoms with van der Waals surface area (Å²) < 4.78 is 4.93. The molecule has 1 aromatic carbocycles. The molecule has 0 heterocycles. The Morgan fingerprint density at radius 2 is 2.10 bits per heavy atom. The average Bonchev–Trinajstić information content (AvgIpc) is 2.42. The van der Waals surface area contributed by atoms with E-state index in [-0.39, 0.29) is 11.3 Å². The Labute approximate surface area is 117 Å². The van der Waals surface area contributed by atoms with Gasteiger partial charge in [0.2, 0.25) is 0 Å². The van der Waals surface area contributed by atoms with Gasteiger partial charge in [-0.25, -0.2) is 0 Å². The minimum absolute atomic E-state index is 0.152. The van der Waals surface area contributed by atoms with Crippen LogP contribution in [0.5, 0.6) is 11.5 Å². The zero-order valence-corrected chi connectivity index (χ0v) is 11.5. The fourth-order valence-corrected chi connectivity index (χ4v) is 1.66. The van der Waals surface area contributed by atoms with Gasteiger partial charge in [0, 0.05) is 12.6 Å². The molecule has 110 valence electrons. The van der Waals surface area contributed by atoms with Crippen LogP contribution in [0.1, 0.15) is 30.1 Å². The van der Waals surface area contributed by atoms with Gasteiger partial charge in [0.15, 0.2) is 0 Å². The van der Waals surface area contributed by atoms with Crippen LogP contribution in [0.3, 0.4) is 0 Å². The number of aromatic hydroxyl groups is 1. The van der Waals surface area contributed by atoms with Crippen LogP contribution in [0.2, 0.25) is 0 Å². The summed E-state index contributed by atoms with van der Waals surface area (Å²) in [7, 11) is 1.47. The minimum Gasteiger partial charge on any atom is -0.507 e. The molecular formula is C14H19NO5. The van der Waals surface area contributed by atoms with Gasteiger partial charge in [0.25, 0.3) is 5.91 Å². The number of phenols is 1. The van der Waals surface area contributed by atoms with Gasteiger partial charge in [-0.3, -0.25) is 9.59 Å². The third-order valence-electron chi connectivity index (χ3n) is 2.97. The van der Waals surface area contributed by atoms with Crippen LogP contribution < -0.4 is 10.1 Å². The number of rotatable bonds is 7. The van der Waals surface area contributed by atoms with Crippen LogP contribution in [0.15, 0.2) is 18.2 Å². The number of hydrogen-bond donors (Lipinski definition) is 3. The maximum atomic E-state index is 11.8. The number of methoxy groups -OCH3 is 1. The number of carboxylic acids is 1. The summed E-state index contributed by atoms with van der Waals surface area (Å²) in [5.74, 6) is -1.35. The van der Waals surface area contributed by atoms with Crippen LogP contribution in [0.25, 0.3) is 0 Å². The molecule has 0 spiro atoms.